The van der Waals surface area contributed by atoms with Gasteiger partial charge in [-0.3, -0.25) is 28.8 Å². The van der Waals surface area contributed by atoms with Crippen LogP contribution in [-0.4, -0.2) is 47.5 Å². The molecule has 4 aromatic rings. The van der Waals surface area contributed by atoms with E-state index < -0.39 is 49.5 Å². The fourth-order valence-electron chi connectivity index (χ4n) is 18.2. The predicted octanol–water partition coefficient (Wildman–Crippen LogP) is 25.4. The minimum Gasteiger partial charge on any atom is -0.462 e. The van der Waals surface area contributed by atoms with Gasteiger partial charge in [-0.05, 0) is 320 Å². The molecule has 8 aliphatic rings. The lowest BCUT2D eigenvalue weighted by molar-refractivity contribution is -0.177. The summed E-state index contributed by atoms with van der Waals surface area (Å²) >= 11 is 0. The molecule has 0 aromatic heterocycles. The van der Waals surface area contributed by atoms with Crippen molar-refractivity contribution >= 4 is 35.8 Å². The first-order valence-corrected chi connectivity index (χ1v) is 43.9. The van der Waals surface area contributed by atoms with Crippen molar-refractivity contribution in [3.8, 4) is 0 Å². The molecule has 0 N–H and O–H groups in total. The molecule has 0 aliphatic heterocycles. The molecule has 111 heavy (non-hydrogen) atoms. The molecule has 6 atom stereocenters. The van der Waals surface area contributed by atoms with Crippen molar-refractivity contribution in [3.63, 3.8) is 0 Å². The molecule has 0 heterocycles. The molecule has 614 valence electrons. The molecular weight excluding hydrogens is 1380 g/mol. The molecule has 0 spiro atoms. The summed E-state index contributed by atoms with van der Waals surface area (Å²) in [5, 5.41) is 0. The van der Waals surface area contributed by atoms with Crippen LogP contribution >= 0.6 is 0 Å². The van der Waals surface area contributed by atoms with Gasteiger partial charge in [0.1, 0.15) is 34.1 Å². The highest BCUT2D eigenvalue weighted by molar-refractivity contribution is 5.79. The number of aryl methyl sites for hydroxylation is 2. The number of allylic oxidation sites excluding steroid dienone is 1. The zero-order chi connectivity index (χ0) is 81.3. The number of esters is 6. The van der Waals surface area contributed by atoms with Gasteiger partial charge in [0.15, 0.2) is 0 Å². The summed E-state index contributed by atoms with van der Waals surface area (Å²) in [6.45, 7) is 38.3. The summed E-state index contributed by atoms with van der Waals surface area (Å²) in [4.78, 5) is 75.2. The number of ether oxygens (including phenoxy) is 6. The minimum absolute atomic E-state index is 0.0387. The van der Waals surface area contributed by atoms with Crippen LogP contribution in [0.4, 0.5) is 0 Å². The summed E-state index contributed by atoms with van der Waals surface area (Å²) in [5.74, 6) is 1.75. The Morgan fingerprint density at radius 3 is 1.02 bits per heavy atom. The molecule has 6 unspecified atom stereocenters. The number of carbonyl (C=O) groups is 6. The predicted molar refractivity (Wildman–Crippen MR) is 447 cm³/mol. The van der Waals surface area contributed by atoms with Crippen molar-refractivity contribution in [1.29, 1.82) is 0 Å². The van der Waals surface area contributed by atoms with Gasteiger partial charge in [0.25, 0.3) is 0 Å². The zero-order valence-corrected chi connectivity index (χ0v) is 72.5. The van der Waals surface area contributed by atoms with Gasteiger partial charge < -0.3 is 28.4 Å². The molecular formula is C99H146O12. The Hall–Kier alpha value is -6.56. The van der Waals surface area contributed by atoms with Crippen LogP contribution < -0.4 is 0 Å². The number of carbonyl (C=O) groups excluding carboxylic acids is 6. The maximum Gasteiger partial charge on any atom is 0.312 e. The van der Waals surface area contributed by atoms with E-state index in [0.29, 0.717) is 30.1 Å². The molecule has 0 radical (unpaired) electrons. The second kappa shape index (κ2) is 38.7. The maximum atomic E-state index is 13.2. The third-order valence-corrected chi connectivity index (χ3v) is 28.1. The van der Waals surface area contributed by atoms with Crippen molar-refractivity contribution in [2.45, 2.75) is 378 Å². The SMILES string of the molecule is CCC(=O)OC1CC2C3CC(C2C1)C(OC(=O)C(C)(C)CC)(C1=C(C)CCC1)C3.CCC(C)(C)C(=O)OC1(c2ccc(C)cc2)CCCCC1.CCC(C)(C)C(=O)OC1(c2ccccc2)CCCC1.CCC(C)(C)C(=O)OC1(c2ccccc2)CCCCC1.CCc1ccc(C2(OC(=O)C(C)(C)CC)CCCCC2)cc1. The van der Waals surface area contributed by atoms with E-state index in [2.05, 4.69) is 100 Å². The highest BCUT2D eigenvalue weighted by Crippen LogP contribution is 2.67. The average molecular weight is 1530 g/mol. The highest BCUT2D eigenvalue weighted by Gasteiger charge is 2.66. The van der Waals surface area contributed by atoms with Gasteiger partial charge in [-0.1, -0.05) is 188 Å². The van der Waals surface area contributed by atoms with E-state index in [-0.39, 0.29) is 47.5 Å². The second-order valence-electron chi connectivity index (χ2n) is 37.7. The highest BCUT2D eigenvalue weighted by atomic mass is 16.6. The first-order valence-electron chi connectivity index (χ1n) is 43.9. The molecule has 7 saturated carbocycles. The monoisotopic (exact) mass is 1530 g/mol. The number of benzene rings is 4. The summed E-state index contributed by atoms with van der Waals surface area (Å²) in [6.07, 6.45) is 33.4. The Bertz CT molecular complexity index is 3680. The van der Waals surface area contributed by atoms with Crippen LogP contribution in [0, 0.1) is 57.7 Å². The molecule has 12 rings (SSSR count). The van der Waals surface area contributed by atoms with Gasteiger partial charge in [-0.15, -0.1) is 0 Å². The standard InChI is InChI=1S/C25H38O4.C20H30O2.C19H28O2.C18H26O2.C17H24O2/c1-6-22(26)28-17-12-18-16-11-21(19(18)13-17)25(14-16,20-10-8-9-15(20)3)29-23(27)24(4,5)7-2;1-5-16-10-12-17(13-11-16)20(14-8-7-9-15-20)22-18(21)19(3,4)6-2;1-5-18(3,4)17(20)21-19(13-7-6-8-14-19)16-11-9-15(2)10-12-16;1-4-17(2,3)16(19)20-18(13-9-6-10-14-18)15-11-7-5-8-12-15;1-4-16(2,3)15(18)19-17(12-8-9-13-17)14-10-6-5-7-11-14/h16-19,21H,6-14H2,1-5H3;10-13H,5-9,14-15H2,1-4H3;9-12H,5-8,13-14H2,1-4H3;5,7-8,11-12H,4,6,9-10,13-14H2,1-3H3;5-7,10-11H,4,8-9,12-13H2,1-3H3. The molecule has 12 nitrogen and oxygen atoms in total. The third kappa shape index (κ3) is 21.7. The smallest absolute Gasteiger partial charge is 0.312 e. The topological polar surface area (TPSA) is 158 Å². The van der Waals surface area contributed by atoms with E-state index in [1.165, 1.54) is 59.9 Å². The molecule has 4 aromatic carbocycles. The largest absolute Gasteiger partial charge is 0.462 e. The summed E-state index contributed by atoms with van der Waals surface area (Å²) in [6, 6.07) is 37.6. The molecule has 8 aliphatic carbocycles. The molecule has 0 saturated heterocycles. The van der Waals surface area contributed by atoms with E-state index in [1.807, 2.05) is 140 Å². The number of rotatable bonds is 23. The molecule has 12 heteroatoms. The van der Waals surface area contributed by atoms with Crippen molar-refractivity contribution < 1.29 is 57.2 Å². The quantitative estimate of drug-likeness (QED) is 0.0394. The van der Waals surface area contributed by atoms with E-state index in [0.717, 1.165) is 190 Å². The number of hydrogen-bond acceptors (Lipinski definition) is 12. The maximum absolute atomic E-state index is 13.2. The lowest BCUT2D eigenvalue weighted by atomic mass is 9.68. The van der Waals surface area contributed by atoms with Gasteiger partial charge in [0, 0.05) is 12.3 Å². The van der Waals surface area contributed by atoms with E-state index in [9.17, 15) is 28.8 Å². The summed E-state index contributed by atoms with van der Waals surface area (Å²) < 4.78 is 36.7. The van der Waals surface area contributed by atoms with Crippen molar-refractivity contribution in [3.05, 3.63) is 154 Å². The van der Waals surface area contributed by atoms with Crippen LogP contribution in [0.25, 0.3) is 0 Å². The van der Waals surface area contributed by atoms with E-state index in [1.54, 1.807) is 0 Å². The van der Waals surface area contributed by atoms with Crippen molar-refractivity contribution in [2.75, 3.05) is 0 Å². The molecule has 0 amide bonds. The van der Waals surface area contributed by atoms with E-state index >= 15 is 0 Å². The Balaban J connectivity index is 0.000000176. The van der Waals surface area contributed by atoms with Crippen LogP contribution in [0.2, 0.25) is 0 Å². The van der Waals surface area contributed by atoms with Gasteiger partial charge in [-0.2, -0.15) is 0 Å². The average Bonchev–Trinajstić information content (AvgIpc) is 1.54. The Kier molecular flexibility index (Phi) is 31.4. The first kappa shape index (κ1) is 90.0. The normalized spacial score (nSPS) is 23.5. The summed E-state index contributed by atoms with van der Waals surface area (Å²) in [5.41, 5.74) is 6.01. The van der Waals surface area contributed by atoms with Crippen LogP contribution in [0.15, 0.2) is 120 Å². The molecule has 7 fully saturated rings. The number of hydrogen-bond donors (Lipinski definition) is 0. The van der Waals surface area contributed by atoms with Crippen LogP contribution in [-0.2, 0) is 86.0 Å². The lowest BCUT2D eigenvalue weighted by Crippen LogP contribution is -2.48. The third-order valence-electron chi connectivity index (χ3n) is 28.1. The van der Waals surface area contributed by atoms with E-state index in [4.69, 9.17) is 28.4 Å². The fourth-order valence-corrected chi connectivity index (χ4v) is 18.2. The first-order chi connectivity index (χ1) is 52.5. The van der Waals surface area contributed by atoms with Crippen LogP contribution in [0.5, 0.6) is 0 Å². The van der Waals surface area contributed by atoms with Crippen molar-refractivity contribution in [2.24, 2.45) is 50.7 Å². The summed E-state index contributed by atoms with van der Waals surface area (Å²) in [7, 11) is 0. The van der Waals surface area contributed by atoms with Gasteiger partial charge in [0.05, 0.1) is 27.1 Å². The Labute approximate surface area is 671 Å². The fraction of sp³-hybridized carbons (Fsp3) is 0.677. The van der Waals surface area contributed by atoms with Gasteiger partial charge >= 0.3 is 35.8 Å². The molecule has 2 bridgehead atoms. The second-order valence-corrected chi connectivity index (χ2v) is 37.7. The lowest BCUT2D eigenvalue weighted by Gasteiger charge is -2.45. The van der Waals surface area contributed by atoms with Crippen molar-refractivity contribution in [1.82, 2.24) is 0 Å². The Morgan fingerprint density at radius 1 is 0.369 bits per heavy atom. The van der Waals surface area contributed by atoms with Crippen LogP contribution in [0.3, 0.4) is 0 Å². The number of fused-ring (bicyclic) bond motifs is 5. The van der Waals surface area contributed by atoms with Gasteiger partial charge in [0.2, 0.25) is 0 Å². The van der Waals surface area contributed by atoms with Crippen LogP contribution in [0.1, 0.15) is 363 Å². The minimum atomic E-state index is -0.448. The zero-order valence-electron chi connectivity index (χ0n) is 72.5. The van der Waals surface area contributed by atoms with Gasteiger partial charge in [-0.25, -0.2) is 0 Å². The Morgan fingerprint density at radius 2 is 0.694 bits per heavy atom.